The molecule has 1 aromatic rings. The summed E-state index contributed by atoms with van der Waals surface area (Å²) in [5.74, 6) is 4.53. The summed E-state index contributed by atoms with van der Waals surface area (Å²) in [6.45, 7) is 4.59. The first-order valence-corrected chi connectivity index (χ1v) is 4.20. The van der Waals surface area contributed by atoms with E-state index in [-0.39, 0.29) is 0 Å². The second kappa shape index (κ2) is 8.24. The maximum atomic E-state index is 4.53. The number of hydrogen-bond acceptors (Lipinski definition) is 2. The maximum Gasteiger partial charge on any atom is 0.0651 e. The zero-order valence-corrected chi connectivity index (χ0v) is 7.79. The molecule has 12 heavy (non-hydrogen) atoms. The molecule has 0 amide bonds. The summed E-state index contributed by atoms with van der Waals surface area (Å²) < 4.78 is 0. The second-order valence-electron chi connectivity index (χ2n) is 2.29. The van der Waals surface area contributed by atoms with Crippen molar-refractivity contribution in [2.24, 2.45) is 5.90 Å². The van der Waals surface area contributed by atoms with Crippen LogP contribution in [0.2, 0.25) is 0 Å². The number of hydrogen-bond donors (Lipinski definition) is 1. The van der Waals surface area contributed by atoms with E-state index in [1.54, 1.807) is 0 Å². The van der Waals surface area contributed by atoms with E-state index < -0.39 is 0 Å². The highest BCUT2D eigenvalue weighted by molar-refractivity contribution is 5.13. The van der Waals surface area contributed by atoms with E-state index in [1.807, 2.05) is 13.0 Å². The van der Waals surface area contributed by atoms with Crippen LogP contribution in [0.5, 0.6) is 0 Å². The summed E-state index contributed by atoms with van der Waals surface area (Å²) in [7, 11) is 0. The average molecular weight is 167 g/mol. The lowest BCUT2D eigenvalue weighted by molar-refractivity contribution is 0.152. The fourth-order valence-electron chi connectivity index (χ4n) is 0.714. The van der Waals surface area contributed by atoms with Gasteiger partial charge in [0, 0.05) is 0 Å². The van der Waals surface area contributed by atoms with Gasteiger partial charge in [-0.25, -0.2) is 5.90 Å². The lowest BCUT2D eigenvalue weighted by atomic mass is 10.2. The minimum absolute atomic E-state index is 0.597. The van der Waals surface area contributed by atoms with Gasteiger partial charge in [0.15, 0.2) is 0 Å². The van der Waals surface area contributed by atoms with E-state index in [9.17, 15) is 0 Å². The summed E-state index contributed by atoms with van der Waals surface area (Å²) in [5, 5.41) is 0. The lowest BCUT2D eigenvalue weighted by Gasteiger charge is -1.89. The summed E-state index contributed by atoms with van der Waals surface area (Å²) in [5.41, 5.74) is 1.41. The Morgan fingerprint density at radius 1 is 1.17 bits per heavy atom. The van der Waals surface area contributed by atoms with E-state index in [4.69, 9.17) is 0 Å². The van der Waals surface area contributed by atoms with E-state index in [0.717, 1.165) is 6.42 Å². The van der Waals surface area contributed by atoms with Crippen LogP contribution in [0.3, 0.4) is 0 Å². The van der Waals surface area contributed by atoms with Crippen molar-refractivity contribution in [3.05, 3.63) is 35.9 Å². The first-order valence-electron chi connectivity index (χ1n) is 4.20. The van der Waals surface area contributed by atoms with Crippen molar-refractivity contribution in [3.63, 3.8) is 0 Å². The van der Waals surface area contributed by atoms with Gasteiger partial charge in [0.05, 0.1) is 6.61 Å². The van der Waals surface area contributed by atoms with Crippen LogP contribution in [0.4, 0.5) is 0 Å². The Morgan fingerprint density at radius 3 is 1.92 bits per heavy atom. The maximum absolute atomic E-state index is 4.53. The van der Waals surface area contributed by atoms with Crippen LogP contribution in [0.25, 0.3) is 0 Å². The molecule has 0 fully saturated rings. The van der Waals surface area contributed by atoms with Gasteiger partial charge in [0.1, 0.15) is 0 Å². The van der Waals surface area contributed by atoms with Crippen LogP contribution in [-0.4, -0.2) is 6.61 Å². The molecule has 1 aromatic carbocycles. The van der Waals surface area contributed by atoms with Crippen LogP contribution in [0, 0.1) is 0 Å². The van der Waals surface area contributed by atoms with Gasteiger partial charge in [-0.1, -0.05) is 37.3 Å². The molecule has 68 valence electrons. The third-order valence-electron chi connectivity index (χ3n) is 1.42. The molecular formula is C10H17NO. The first kappa shape index (κ1) is 11.1. The third kappa shape index (κ3) is 5.89. The van der Waals surface area contributed by atoms with Gasteiger partial charge in [-0.2, -0.15) is 0 Å². The Hall–Kier alpha value is -0.860. The van der Waals surface area contributed by atoms with Crippen molar-refractivity contribution in [2.45, 2.75) is 20.3 Å². The van der Waals surface area contributed by atoms with Crippen molar-refractivity contribution in [1.82, 2.24) is 0 Å². The molecule has 0 aliphatic heterocycles. The monoisotopic (exact) mass is 167 g/mol. The average Bonchev–Trinajstić information content (AvgIpc) is 2.19. The molecule has 2 nitrogen and oxygen atoms in total. The molecule has 0 radical (unpaired) electrons. The van der Waals surface area contributed by atoms with Crippen molar-refractivity contribution in [3.8, 4) is 0 Å². The Morgan fingerprint density at radius 2 is 1.67 bits per heavy atom. The van der Waals surface area contributed by atoms with Gasteiger partial charge in [0.2, 0.25) is 0 Å². The number of benzene rings is 1. The van der Waals surface area contributed by atoms with Gasteiger partial charge >= 0.3 is 0 Å². The van der Waals surface area contributed by atoms with Crippen LogP contribution < -0.4 is 5.90 Å². The first-order chi connectivity index (χ1) is 5.85. The van der Waals surface area contributed by atoms with Crippen molar-refractivity contribution in [1.29, 1.82) is 0 Å². The van der Waals surface area contributed by atoms with Crippen molar-refractivity contribution < 1.29 is 4.84 Å². The second-order valence-corrected chi connectivity index (χ2v) is 2.29. The van der Waals surface area contributed by atoms with Gasteiger partial charge in [-0.3, -0.25) is 0 Å². The summed E-state index contributed by atoms with van der Waals surface area (Å²) in [4.78, 5) is 4.04. The summed E-state index contributed by atoms with van der Waals surface area (Å²) in [6.07, 6.45) is 1.14. The quantitative estimate of drug-likeness (QED) is 0.685. The molecule has 2 heteroatoms. The lowest BCUT2D eigenvalue weighted by Crippen LogP contribution is -1.94. The Labute approximate surface area is 74.3 Å². The molecule has 0 bridgehead atoms. The molecule has 0 aliphatic carbocycles. The molecule has 0 spiro atoms. The molecule has 1 rings (SSSR count). The number of rotatable bonds is 2. The number of aryl methyl sites for hydroxylation is 1. The summed E-state index contributed by atoms with van der Waals surface area (Å²) in [6, 6.07) is 10.5. The van der Waals surface area contributed by atoms with Crippen LogP contribution in [0.1, 0.15) is 19.4 Å². The van der Waals surface area contributed by atoms with E-state index in [0.29, 0.717) is 6.61 Å². The fraction of sp³-hybridized carbons (Fsp3) is 0.400. The normalized spacial score (nSPS) is 8.58. The molecule has 0 saturated carbocycles. The molecular weight excluding hydrogens is 150 g/mol. The third-order valence-corrected chi connectivity index (χ3v) is 1.42. The predicted molar refractivity (Wildman–Crippen MR) is 51.6 cm³/mol. The highest BCUT2D eigenvalue weighted by Gasteiger charge is 1.79. The Bertz CT molecular complexity index is 172. The minimum Gasteiger partial charge on any atom is -0.305 e. The largest absolute Gasteiger partial charge is 0.305 e. The number of nitrogens with two attached hydrogens (primary N) is 1. The molecule has 0 atom stereocenters. The molecule has 0 aromatic heterocycles. The molecule has 2 N–H and O–H groups in total. The van der Waals surface area contributed by atoms with E-state index in [2.05, 4.69) is 41.9 Å². The minimum atomic E-state index is 0.597. The van der Waals surface area contributed by atoms with Crippen LogP contribution in [0.15, 0.2) is 30.3 Å². The standard InChI is InChI=1S/C8H10.C2H7NO/c1-2-8-6-4-3-5-7-8;1-2-4-3/h3-7H,2H2,1H3;2-3H2,1H3. The van der Waals surface area contributed by atoms with E-state index in [1.165, 1.54) is 5.56 Å². The van der Waals surface area contributed by atoms with Gasteiger partial charge in [-0.15, -0.1) is 0 Å². The van der Waals surface area contributed by atoms with Crippen molar-refractivity contribution in [2.75, 3.05) is 6.61 Å². The smallest absolute Gasteiger partial charge is 0.0651 e. The Balaban J connectivity index is 0.000000261. The van der Waals surface area contributed by atoms with Gasteiger partial charge in [0.25, 0.3) is 0 Å². The fourth-order valence-corrected chi connectivity index (χ4v) is 0.714. The highest BCUT2D eigenvalue weighted by Crippen LogP contribution is 1.96. The Kier molecular flexibility index (Phi) is 7.65. The predicted octanol–water partition coefficient (Wildman–Crippen LogP) is 2.15. The van der Waals surface area contributed by atoms with Crippen molar-refractivity contribution >= 4 is 0 Å². The topological polar surface area (TPSA) is 35.2 Å². The zero-order valence-electron chi connectivity index (χ0n) is 7.79. The SMILES string of the molecule is CCON.CCc1ccccc1. The van der Waals surface area contributed by atoms with Crippen LogP contribution in [-0.2, 0) is 11.3 Å². The highest BCUT2D eigenvalue weighted by atomic mass is 16.6. The van der Waals surface area contributed by atoms with Crippen LogP contribution >= 0.6 is 0 Å². The van der Waals surface area contributed by atoms with E-state index >= 15 is 0 Å². The van der Waals surface area contributed by atoms with Gasteiger partial charge < -0.3 is 4.84 Å². The molecule has 0 unspecified atom stereocenters. The molecule has 0 heterocycles. The van der Waals surface area contributed by atoms with Gasteiger partial charge in [-0.05, 0) is 18.9 Å². The molecule has 0 aliphatic rings. The molecule has 0 saturated heterocycles. The summed E-state index contributed by atoms with van der Waals surface area (Å²) >= 11 is 0. The zero-order chi connectivity index (χ0) is 9.23.